The van der Waals surface area contributed by atoms with Crippen LogP contribution in [0.25, 0.3) is 0 Å². The predicted octanol–water partition coefficient (Wildman–Crippen LogP) is -0.679. The van der Waals surface area contributed by atoms with Crippen molar-refractivity contribution in [3.05, 3.63) is 0 Å². The molecule has 1 aliphatic heterocycles. The molecule has 0 radical (unpaired) electrons. The highest BCUT2D eigenvalue weighted by Gasteiger charge is 2.44. The molecule has 1 aliphatic rings. The summed E-state index contributed by atoms with van der Waals surface area (Å²) >= 11 is 0. The van der Waals surface area contributed by atoms with E-state index in [1.54, 1.807) is 7.05 Å². The number of aliphatic hydroxyl groups excluding tert-OH is 2. The Morgan fingerprint density at radius 2 is 2.00 bits per heavy atom. The maximum atomic E-state index is 11.0. The standard InChI is InChI=1S/C9H17NO4/c1-4-6-7(12)8(13)9(14-6)10(3)5(2)11/h6-9,12-13H,4H2,1-3H3. The summed E-state index contributed by atoms with van der Waals surface area (Å²) in [5.41, 5.74) is 0. The van der Waals surface area contributed by atoms with Gasteiger partial charge in [-0.25, -0.2) is 0 Å². The molecule has 0 aromatic heterocycles. The molecule has 0 aliphatic carbocycles. The SMILES string of the molecule is CCC1OC(N(C)C(C)=O)C(O)C1O. The lowest BCUT2D eigenvalue weighted by Crippen LogP contribution is -2.44. The lowest BCUT2D eigenvalue weighted by atomic mass is 10.1. The fourth-order valence-corrected chi connectivity index (χ4v) is 1.57. The van der Waals surface area contributed by atoms with Gasteiger partial charge in [0.15, 0.2) is 6.23 Å². The zero-order chi connectivity index (χ0) is 10.9. The fraction of sp³-hybridized carbons (Fsp3) is 0.889. The van der Waals surface area contributed by atoms with Crippen molar-refractivity contribution in [1.29, 1.82) is 0 Å². The van der Waals surface area contributed by atoms with Gasteiger partial charge in [0.1, 0.15) is 12.2 Å². The van der Waals surface area contributed by atoms with E-state index in [4.69, 9.17) is 4.74 Å². The van der Waals surface area contributed by atoms with E-state index in [0.717, 1.165) is 0 Å². The molecule has 1 amide bonds. The van der Waals surface area contributed by atoms with Crippen LogP contribution in [0.1, 0.15) is 20.3 Å². The van der Waals surface area contributed by atoms with Crippen LogP contribution >= 0.6 is 0 Å². The molecule has 1 fully saturated rings. The van der Waals surface area contributed by atoms with Gasteiger partial charge < -0.3 is 19.8 Å². The average molecular weight is 203 g/mol. The van der Waals surface area contributed by atoms with Crippen molar-refractivity contribution in [2.45, 2.75) is 44.8 Å². The molecule has 5 nitrogen and oxygen atoms in total. The molecule has 2 N–H and O–H groups in total. The van der Waals surface area contributed by atoms with Crippen LogP contribution in [0.3, 0.4) is 0 Å². The molecule has 0 bridgehead atoms. The summed E-state index contributed by atoms with van der Waals surface area (Å²) in [6.07, 6.45) is -2.44. The van der Waals surface area contributed by atoms with Gasteiger partial charge in [0, 0.05) is 14.0 Å². The molecular formula is C9H17NO4. The molecule has 14 heavy (non-hydrogen) atoms. The second-order valence-electron chi connectivity index (χ2n) is 3.58. The molecule has 4 unspecified atom stereocenters. The van der Waals surface area contributed by atoms with E-state index in [-0.39, 0.29) is 5.91 Å². The van der Waals surface area contributed by atoms with Gasteiger partial charge in [-0.2, -0.15) is 0 Å². The molecule has 82 valence electrons. The van der Waals surface area contributed by atoms with Gasteiger partial charge in [-0.05, 0) is 6.42 Å². The van der Waals surface area contributed by atoms with Crippen LogP contribution in [0.4, 0.5) is 0 Å². The Bertz CT molecular complexity index is 221. The highest BCUT2D eigenvalue weighted by Crippen LogP contribution is 2.25. The van der Waals surface area contributed by atoms with Crippen LogP contribution in [0.5, 0.6) is 0 Å². The molecule has 0 spiro atoms. The quantitative estimate of drug-likeness (QED) is 0.624. The molecule has 4 atom stereocenters. The minimum atomic E-state index is -1.02. The number of ether oxygens (including phenoxy) is 1. The van der Waals surface area contributed by atoms with Crippen molar-refractivity contribution in [2.75, 3.05) is 7.05 Å². The summed E-state index contributed by atoms with van der Waals surface area (Å²) in [4.78, 5) is 12.3. The van der Waals surface area contributed by atoms with Gasteiger partial charge in [-0.1, -0.05) is 6.92 Å². The minimum Gasteiger partial charge on any atom is -0.388 e. The first kappa shape index (κ1) is 11.4. The highest BCUT2D eigenvalue weighted by atomic mass is 16.6. The number of carbonyl (C=O) groups excluding carboxylic acids is 1. The van der Waals surface area contributed by atoms with Crippen molar-refractivity contribution >= 4 is 5.91 Å². The van der Waals surface area contributed by atoms with Gasteiger partial charge in [0.05, 0.1) is 6.10 Å². The Morgan fingerprint density at radius 1 is 1.43 bits per heavy atom. The third-order valence-corrected chi connectivity index (χ3v) is 2.62. The van der Waals surface area contributed by atoms with Crippen LogP contribution in [0, 0.1) is 0 Å². The second-order valence-corrected chi connectivity index (χ2v) is 3.58. The summed E-state index contributed by atoms with van der Waals surface area (Å²) in [7, 11) is 1.54. The lowest BCUT2D eigenvalue weighted by Gasteiger charge is -2.25. The molecular weight excluding hydrogens is 186 g/mol. The first-order valence-electron chi connectivity index (χ1n) is 4.74. The number of carbonyl (C=O) groups is 1. The number of hydrogen-bond donors (Lipinski definition) is 2. The van der Waals surface area contributed by atoms with Gasteiger partial charge in [0.2, 0.25) is 5.91 Å². The summed E-state index contributed by atoms with van der Waals surface area (Å²) in [6, 6.07) is 0. The Hall–Kier alpha value is -0.650. The summed E-state index contributed by atoms with van der Waals surface area (Å²) in [5.74, 6) is -0.196. The molecule has 1 heterocycles. The van der Waals surface area contributed by atoms with Gasteiger partial charge >= 0.3 is 0 Å². The molecule has 1 rings (SSSR count). The Kier molecular flexibility index (Phi) is 3.47. The zero-order valence-corrected chi connectivity index (χ0v) is 8.67. The molecule has 1 saturated heterocycles. The minimum absolute atomic E-state index is 0.196. The number of hydrogen-bond acceptors (Lipinski definition) is 4. The van der Waals surface area contributed by atoms with Gasteiger partial charge in [-0.3, -0.25) is 4.79 Å². The Labute approximate surface area is 83.3 Å². The smallest absolute Gasteiger partial charge is 0.221 e. The van der Waals surface area contributed by atoms with E-state index in [1.807, 2.05) is 6.92 Å². The van der Waals surface area contributed by atoms with Crippen LogP contribution in [0.2, 0.25) is 0 Å². The van der Waals surface area contributed by atoms with Crippen molar-refractivity contribution in [2.24, 2.45) is 0 Å². The van der Waals surface area contributed by atoms with Crippen LogP contribution in [0.15, 0.2) is 0 Å². The number of likely N-dealkylation sites (N-methyl/N-ethyl adjacent to an activating group) is 1. The van der Waals surface area contributed by atoms with E-state index in [2.05, 4.69) is 0 Å². The molecule has 0 aromatic carbocycles. The number of rotatable bonds is 2. The van der Waals surface area contributed by atoms with Gasteiger partial charge in [-0.15, -0.1) is 0 Å². The Balaban J connectivity index is 2.69. The molecule has 0 aromatic rings. The third-order valence-electron chi connectivity index (χ3n) is 2.62. The normalized spacial score (nSPS) is 37.2. The lowest BCUT2D eigenvalue weighted by molar-refractivity contribution is -0.145. The van der Waals surface area contributed by atoms with E-state index >= 15 is 0 Å². The number of aliphatic hydroxyl groups is 2. The van der Waals surface area contributed by atoms with Gasteiger partial charge in [0.25, 0.3) is 0 Å². The predicted molar refractivity (Wildman–Crippen MR) is 49.4 cm³/mol. The maximum absolute atomic E-state index is 11.0. The van der Waals surface area contributed by atoms with Crippen molar-refractivity contribution in [3.63, 3.8) is 0 Å². The van der Waals surface area contributed by atoms with Crippen LogP contribution in [-0.2, 0) is 9.53 Å². The second kappa shape index (κ2) is 4.25. The third kappa shape index (κ3) is 1.89. The van der Waals surface area contributed by atoms with Crippen LogP contribution < -0.4 is 0 Å². The van der Waals surface area contributed by atoms with Crippen LogP contribution in [-0.4, -0.2) is 52.6 Å². The first-order chi connectivity index (χ1) is 6.49. The number of amides is 1. The highest BCUT2D eigenvalue weighted by molar-refractivity contribution is 5.73. The monoisotopic (exact) mass is 203 g/mol. The number of nitrogens with zero attached hydrogens (tertiary/aromatic N) is 1. The Morgan fingerprint density at radius 3 is 2.36 bits per heavy atom. The fourth-order valence-electron chi connectivity index (χ4n) is 1.57. The summed E-state index contributed by atoms with van der Waals surface area (Å²) < 4.78 is 5.36. The van der Waals surface area contributed by atoms with E-state index in [0.29, 0.717) is 6.42 Å². The molecule has 5 heteroatoms. The average Bonchev–Trinajstić information content (AvgIpc) is 2.43. The van der Waals surface area contributed by atoms with E-state index in [1.165, 1.54) is 11.8 Å². The maximum Gasteiger partial charge on any atom is 0.221 e. The largest absolute Gasteiger partial charge is 0.388 e. The topological polar surface area (TPSA) is 70.0 Å². The van der Waals surface area contributed by atoms with Crippen molar-refractivity contribution < 1.29 is 19.7 Å². The summed E-state index contributed by atoms with van der Waals surface area (Å²) in [6.45, 7) is 3.25. The summed E-state index contributed by atoms with van der Waals surface area (Å²) in [5, 5.41) is 19.2. The molecule has 0 saturated carbocycles. The van der Waals surface area contributed by atoms with E-state index < -0.39 is 24.5 Å². The zero-order valence-electron chi connectivity index (χ0n) is 8.67. The van der Waals surface area contributed by atoms with Crippen molar-refractivity contribution in [1.82, 2.24) is 4.90 Å². The first-order valence-corrected chi connectivity index (χ1v) is 4.74. The van der Waals surface area contributed by atoms with Crippen molar-refractivity contribution in [3.8, 4) is 0 Å². The van der Waals surface area contributed by atoms with E-state index in [9.17, 15) is 15.0 Å².